The Hall–Kier alpha value is -5.10. The number of alkyl halides is 1. The van der Waals surface area contributed by atoms with E-state index in [9.17, 15) is 18.8 Å². The van der Waals surface area contributed by atoms with Crippen LogP contribution in [0.3, 0.4) is 0 Å². The summed E-state index contributed by atoms with van der Waals surface area (Å²) in [6.07, 6.45) is -8.75. The van der Waals surface area contributed by atoms with Crippen molar-refractivity contribution < 1.29 is 56.7 Å². The van der Waals surface area contributed by atoms with Crippen molar-refractivity contribution in [3.8, 4) is 0 Å². The molecule has 3 heterocycles. The molecule has 3 aliphatic heterocycles. The Morgan fingerprint density at radius 2 is 1.18 bits per heavy atom. The molecular formula is C46H52FN3O11. The quantitative estimate of drug-likeness (QED) is 0.138. The fraction of sp³-hybridized carbons (Fsp3) is 0.413. The number of ether oxygens (including phenoxy) is 8. The molecule has 3 saturated heterocycles. The lowest BCUT2D eigenvalue weighted by molar-refractivity contribution is -0.366. The fourth-order valence-corrected chi connectivity index (χ4v) is 7.76. The maximum atomic E-state index is 13.8. The molecule has 3 fully saturated rings. The number of benzene rings is 4. The molecule has 0 saturated carbocycles. The van der Waals surface area contributed by atoms with Crippen molar-refractivity contribution in [2.24, 2.45) is 0 Å². The van der Waals surface area contributed by atoms with E-state index in [1.807, 2.05) is 121 Å². The number of carbonyl (C=O) groups excluding carboxylic acids is 3. The number of carbonyl (C=O) groups is 3. The molecule has 14 nitrogen and oxygen atoms in total. The number of fused-ring (bicyclic) bond motifs is 1. The van der Waals surface area contributed by atoms with Gasteiger partial charge >= 0.3 is 0 Å². The van der Waals surface area contributed by atoms with Crippen molar-refractivity contribution in [3.63, 3.8) is 0 Å². The molecule has 4 aromatic carbocycles. The Kier molecular flexibility index (Phi) is 15.6. The van der Waals surface area contributed by atoms with Gasteiger partial charge in [0.2, 0.25) is 11.8 Å². The van der Waals surface area contributed by atoms with Gasteiger partial charge in [0, 0.05) is 19.4 Å². The summed E-state index contributed by atoms with van der Waals surface area (Å²) in [7, 11) is 0. The van der Waals surface area contributed by atoms with Gasteiger partial charge in [-0.25, -0.2) is 4.39 Å². The zero-order valence-corrected chi connectivity index (χ0v) is 34.0. The largest absolute Gasteiger partial charge is 0.374 e. The van der Waals surface area contributed by atoms with E-state index >= 15 is 0 Å². The number of amides is 3. The summed E-state index contributed by atoms with van der Waals surface area (Å²) < 4.78 is 66.3. The lowest BCUT2D eigenvalue weighted by Crippen LogP contribution is -2.72. The molecular weight excluding hydrogens is 790 g/mol. The molecule has 0 aliphatic carbocycles. The summed E-state index contributed by atoms with van der Waals surface area (Å²) in [5.41, 5.74) is 3.39. The molecule has 3 N–H and O–H groups in total. The SMILES string of the molecule is CC(=O)N[C@@H]1[C@@H](OCc2ccccc2)[C@H](O[C@@H]2O[C@@H]3COC(c4ccccc4)O[C@H]3[C@H](OCc3ccccc3)[C@H]2NC(C)=O)[C@@H](COCc2ccccc2)O[C@H]1NC(=O)CF. The predicted octanol–water partition coefficient (Wildman–Crippen LogP) is 4.42. The fourth-order valence-electron chi connectivity index (χ4n) is 7.76. The second kappa shape index (κ2) is 21.6. The third-order valence-corrected chi connectivity index (χ3v) is 10.5. The van der Waals surface area contributed by atoms with Crippen LogP contribution in [-0.2, 0) is 72.1 Å². The van der Waals surface area contributed by atoms with Gasteiger partial charge in [0.15, 0.2) is 25.5 Å². The summed E-state index contributed by atoms with van der Waals surface area (Å²) in [6, 6.07) is 35.9. The van der Waals surface area contributed by atoms with Gasteiger partial charge in [-0.2, -0.15) is 0 Å². The van der Waals surface area contributed by atoms with E-state index in [4.69, 9.17) is 37.9 Å². The minimum absolute atomic E-state index is 0.0551. The van der Waals surface area contributed by atoms with Gasteiger partial charge < -0.3 is 53.8 Å². The number of hydrogen-bond acceptors (Lipinski definition) is 11. The van der Waals surface area contributed by atoms with Crippen molar-refractivity contribution >= 4 is 17.7 Å². The monoisotopic (exact) mass is 841 g/mol. The standard InChI is InChI=1S/C46H52FN3O11/c1-29(51)48-38-42(55-25-32-17-9-4-10-18-32)40(35(58-44(38)50-37(53)23-47)27-54-24-31-15-7-3-8-16-31)61-46-39(49-30(2)52)43(56-26-33-19-11-5-12-20-33)41-36(59-46)28-57-45(60-41)34-21-13-6-14-22-34/h3-22,35-36,38-46H,23-28H2,1-2H3,(H,48,51)(H,49,52)(H,50,53)/t35-,36-,38-,39-,40-,41-,42-,43-,44-,45?,46+/m1/s1. The van der Waals surface area contributed by atoms with E-state index in [2.05, 4.69) is 16.0 Å². The van der Waals surface area contributed by atoms with Gasteiger partial charge in [0.1, 0.15) is 48.7 Å². The lowest BCUT2D eigenvalue weighted by Gasteiger charge is -2.52. The highest BCUT2D eigenvalue weighted by atomic mass is 19.1. The van der Waals surface area contributed by atoms with Crippen LogP contribution < -0.4 is 16.0 Å². The van der Waals surface area contributed by atoms with Crippen molar-refractivity contribution in [3.05, 3.63) is 144 Å². The molecule has 61 heavy (non-hydrogen) atoms. The molecule has 0 aromatic heterocycles. The first kappa shape index (κ1) is 44.0. The minimum atomic E-state index is -1.33. The summed E-state index contributed by atoms with van der Waals surface area (Å²) in [5, 5.41) is 8.43. The first-order valence-electron chi connectivity index (χ1n) is 20.4. The highest BCUT2D eigenvalue weighted by molar-refractivity contribution is 5.77. The topological polar surface area (TPSA) is 161 Å². The van der Waals surface area contributed by atoms with Crippen molar-refractivity contribution in [2.75, 3.05) is 19.9 Å². The van der Waals surface area contributed by atoms with Gasteiger partial charge in [-0.15, -0.1) is 0 Å². The minimum Gasteiger partial charge on any atom is -0.374 e. The Bertz CT molecular complexity index is 1990. The van der Waals surface area contributed by atoms with E-state index < -0.39 is 86.0 Å². The first-order valence-corrected chi connectivity index (χ1v) is 20.4. The summed E-state index contributed by atoms with van der Waals surface area (Å²) in [6.45, 7) is 1.79. The second-order valence-electron chi connectivity index (χ2n) is 15.1. The Morgan fingerprint density at radius 1 is 0.639 bits per heavy atom. The van der Waals surface area contributed by atoms with Crippen LogP contribution in [0.15, 0.2) is 121 Å². The summed E-state index contributed by atoms with van der Waals surface area (Å²) in [5.74, 6) is -1.81. The summed E-state index contributed by atoms with van der Waals surface area (Å²) >= 11 is 0. The highest BCUT2D eigenvalue weighted by Gasteiger charge is 2.55. The van der Waals surface area contributed by atoms with Gasteiger partial charge in [0.25, 0.3) is 5.91 Å². The molecule has 15 heteroatoms. The van der Waals surface area contributed by atoms with E-state index in [0.717, 1.165) is 22.3 Å². The van der Waals surface area contributed by atoms with Gasteiger partial charge in [0.05, 0.1) is 33.0 Å². The molecule has 11 atom stereocenters. The molecule has 4 aromatic rings. The van der Waals surface area contributed by atoms with Crippen LogP contribution in [0.5, 0.6) is 0 Å². The highest BCUT2D eigenvalue weighted by Crippen LogP contribution is 2.38. The van der Waals surface area contributed by atoms with Crippen molar-refractivity contribution in [1.82, 2.24) is 16.0 Å². The number of nitrogens with one attached hydrogen (secondary N) is 3. The van der Waals surface area contributed by atoms with E-state index in [-0.39, 0.29) is 38.9 Å². The normalized spacial score (nSPS) is 28.5. The average Bonchev–Trinajstić information content (AvgIpc) is 3.28. The van der Waals surface area contributed by atoms with Crippen LogP contribution in [0.1, 0.15) is 42.4 Å². The van der Waals surface area contributed by atoms with Gasteiger partial charge in [-0.05, 0) is 16.7 Å². The van der Waals surface area contributed by atoms with E-state index in [0.29, 0.717) is 0 Å². The van der Waals surface area contributed by atoms with Gasteiger partial charge in [-0.3, -0.25) is 14.4 Å². The second-order valence-corrected chi connectivity index (χ2v) is 15.1. The van der Waals surface area contributed by atoms with Crippen LogP contribution in [-0.4, -0.2) is 98.8 Å². The molecule has 3 amide bonds. The number of hydrogen-bond donors (Lipinski definition) is 3. The predicted molar refractivity (Wildman–Crippen MR) is 218 cm³/mol. The van der Waals surface area contributed by atoms with E-state index in [1.165, 1.54) is 13.8 Å². The zero-order chi connectivity index (χ0) is 42.6. The first-order chi connectivity index (χ1) is 29.7. The zero-order valence-electron chi connectivity index (χ0n) is 34.0. The number of rotatable bonds is 17. The Labute approximate surface area is 354 Å². The maximum Gasteiger partial charge on any atom is 0.253 e. The van der Waals surface area contributed by atoms with E-state index in [1.54, 1.807) is 0 Å². The van der Waals surface area contributed by atoms with Crippen molar-refractivity contribution in [2.45, 2.75) is 101 Å². The Balaban J connectivity index is 1.25. The Morgan fingerprint density at radius 3 is 1.75 bits per heavy atom. The summed E-state index contributed by atoms with van der Waals surface area (Å²) in [4.78, 5) is 38.6. The molecule has 0 spiro atoms. The van der Waals surface area contributed by atoms with Crippen molar-refractivity contribution in [1.29, 1.82) is 0 Å². The molecule has 324 valence electrons. The molecule has 0 radical (unpaired) electrons. The van der Waals surface area contributed by atoms with Crippen LogP contribution >= 0.6 is 0 Å². The average molecular weight is 842 g/mol. The molecule has 0 bridgehead atoms. The van der Waals surface area contributed by atoms with Gasteiger partial charge in [-0.1, -0.05) is 121 Å². The smallest absolute Gasteiger partial charge is 0.253 e. The molecule has 7 rings (SSSR count). The lowest BCUT2D eigenvalue weighted by atomic mass is 9.93. The third kappa shape index (κ3) is 11.8. The van der Waals surface area contributed by atoms with Crippen LogP contribution in [0.4, 0.5) is 4.39 Å². The number of halogens is 1. The molecule has 3 aliphatic rings. The molecule has 1 unspecified atom stereocenters. The van der Waals surface area contributed by atoms with Crippen LogP contribution in [0, 0.1) is 0 Å². The maximum absolute atomic E-state index is 13.8. The van der Waals surface area contributed by atoms with Crippen LogP contribution in [0.25, 0.3) is 0 Å². The van der Waals surface area contributed by atoms with Crippen LogP contribution in [0.2, 0.25) is 0 Å². The third-order valence-electron chi connectivity index (χ3n) is 10.5.